The average Bonchev–Trinajstić information content (AvgIpc) is 2.83. The van der Waals surface area contributed by atoms with Gasteiger partial charge in [-0.3, -0.25) is 9.69 Å². The van der Waals surface area contributed by atoms with Gasteiger partial charge in [0.1, 0.15) is 5.82 Å². The predicted octanol–water partition coefficient (Wildman–Crippen LogP) is 2.64. The topological polar surface area (TPSA) is 32.3 Å². The van der Waals surface area contributed by atoms with Crippen molar-refractivity contribution < 1.29 is 9.18 Å². The van der Waals surface area contributed by atoms with Crippen LogP contribution in [0.15, 0.2) is 18.2 Å². The standard InChI is InChI=1S/C14H18FIN2O/c1-2-18-7-3-4-11(18)9-17-14(19)12-6-5-10(15)8-13(12)16/h5-6,8,11H,2-4,7,9H2,1H3,(H,17,19). The third kappa shape index (κ3) is 3.66. The number of nitrogens with zero attached hydrogens (tertiary/aromatic N) is 1. The third-order valence-corrected chi connectivity index (χ3v) is 4.47. The SMILES string of the molecule is CCN1CCCC1CNC(=O)c1ccc(F)cc1I. The molecule has 0 saturated carbocycles. The summed E-state index contributed by atoms with van der Waals surface area (Å²) in [7, 11) is 0. The van der Waals surface area contributed by atoms with Crippen LogP contribution in [0.1, 0.15) is 30.1 Å². The van der Waals surface area contributed by atoms with E-state index >= 15 is 0 Å². The summed E-state index contributed by atoms with van der Waals surface area (Å²) in [5, 5.41) is 2.96. The second-order valence-electron chi connectivity index (χ2n) is 4.76. The van der Waals surface area contributed by atoms with Crippen LogP contribution in [0, 0.1) is 9.39 Å². The molecule has 1 heterocycles. The Balaban J connectivity index is 1.94. The van der Waals surface area contributed by atoms with Gasteiger partial charge in [-0.2, -0.15) is 0 Å². The Morgan fingerprint density at radius 2 is 2.37 bits per heavy atom. The quantitative estimate of drug-likeness (QED) is 0.820. The molecule has 1 N–H and O–H groups in total. The highest BCUT2D eigenvalue weighted by atomic mass is 127. The van der Waals surface area contributed by atoms with Crippen molar-refractivity contribution in [3.8, 4) is 0 Å². The zero-order valence-corrected chi connectivity index (χ0v) is 13.1. The van der Waals surface area contributed by atoms with Crippen molar-refractivity contribution in [1.82, 2.24) is 10.2 Å². The Labute approximate surface area is 126 Å². The van der Waals surface area contributed by atoms with Gasteiger partial charge in [-0.05, 0) is 66.7 Å². The van der Waals surface area contributed by atoms with Gasteiger partial charge in [0.15, 0.2) is 0 Å². The highest BCUT2D eigenvalue weighted by molar-refractivity contribution is 14.1. The Hall–Kier alpha value is -0.690. The molecule has 2 rings (SSSR count). The maximum atomic E-state index is 13.0. The Kier molecular flexibility index (Phi) is 5.15. The molecule has 5 heteroatoms. The van der Waals surface area contributed by atoms with E-state index in [1.54, 1.807) is 6.07 Å². The maximum absolute atomic E-state index is 13.0. The minimum absolute atomic E-state index is 0.118. The first-order valence-electron chi connectivity index (χ1n) is 6.59. The number of amides is 1. The smallest absolute Gasteiger partial charge is 0.252 e. The molecule has 1 saturated heterocycles. The van der Waals surface area contributed by atoms with Crippen molar-refractivity contribution in [2.24, 2.45) is 0 Å². The second kappa shape index (κ2) is 6.65. The van der Waals surface area contributed by atoms with Gasteiger partial charge in [-0.15, -0.1) is 0 Å². The molecule has 0 spiro atoms. The normalized spacial score (nSPS) is 19.6. The van der Waals surface area contributed by atoms with Crippen LogP contribution >= 0.6 is 22.6 Å². The van der Waals surface area contributed by atoms with Gasteiger partial charge in [0.2, 0.25) is 0 Å². The number of benzene rings is 1. The Bertz CT molecular complexity index is 467. The lowest BCUT2D eigenvalue weighted by Gasteiger charge is -2.23. The molecular weight excluding hydrogens is 358 g/mol. The van der Waals surface area contributed by atoms with Gasteiger partial charge < -0.3 is 5.32 Å². The van der Waals surface area contributed by atoms with Crippen molar-refractivity contribution in [2.45, 2.75) is 25.8 Å². The van der Waals surface area contributed by atoms with Gasteiger partial charge in [-0.1, -0.05) is 6.92 Å². The lowest BCUT2D eigenvalue weighted by Crippen LogP contribution is -2.40. The fourth-order valence-corrected chi connectivity index (χ4v) is 3.24. The molecule has 0 radical (unpaired) electrons. The molecule has 3 nitrogen and oxygen atoms in total. The van der Waals surface area contributed by atoms with E-state index in [1.165, 1.54) is 18.6 Å². The zero-order valence-electron chi connectivity index (χ0n) is 11.0. The number of rotatable bonds is 4. The first-order valence-corrected chi connectivity index (χ1v) is 7.67. The summed E-state index contributed by atoms with van der Waals surface area (Å²) in [5.41, 5.74) is 0.544. The van der Waals surface area contributed by atoms with Crippen LogP contribution in [0.4, 0.5) is 4.39 Å². The molecule has 1 aromatic carbocycles. The number of hydrogen-bond acceptors (Lipinski definition) is 2. The van der Waals surface area contributed by atoms with E-state index in [1.807, 2.05) is 22.6 Å². The summed E-state index contributed by atoms with van der Waals surface area (Å²) in [6, 6.07) is 4.68. The molecule has 19 heavy (non-hydrogen) atoms. The molecular formula is C14H18FIN2O. The molecule has 1 aliphatic rings. The first kappa shape index (κ1) is 14.7. The summed E-state index contributed by atoms with van der Waals surface area (Å²) < 4.78 is 13.6. The molecule has 0 aromatic heterocycles. The van der Waals surface area contributed by atoms with Crippen LogP contribution in [-0.4, -0.2) is 36.5 Å². The van der Waals surface area contributed by atoms with Gasteiger partial charge in [0, 0.05) is 16.2 Å². The Morgan fingerprint density at radius 3 is 3.05 bits per heavy atom. The molecule has 0 bridgehead atoms. The molecule has 1 aliphatic heterocycles. The summed E-state index contributed by atoms with van der Waals surface area (Å²) in [6.07, 6.45) is 2.33. The van der Waals surface area contributed by atoms with Crippen LogP contribution in [0.5, 0.6) is 0 Å². The lowest BCUT2D eigenvalue weighted by molar-refractivity contribution is 0.0940. The molecule has 1 atom stereocenters. The number of hydrogen-bond donors (Lipinski definition) is 1. The molecule has 0 aliphatic carbocycles. The molecule has 104 valence electrons. The lowest BCUT2D eigenvalue weighted by atomic mass is 10.2. The largest absolute Gasteiger partial charge is 0.350 e. The van der Waals surface area contributed by atoms with Crippen LogP contribution in [0.3, 0.4) is 0 Å². The summed E-state index contributed by atoms with van der Waals surface area (Å²) >= 11 is 1.99. The van der Waals surface area contributed by atoms with Gasteiger partial charge >= 0.3 is 0 Å². The monoisotopic (exact) mass is 376 g/mol. The van der Waals surface area contributed by atoms with E-state index in [9.17, 15) is 9.18 Å². The summed E-state index contributed by atoms with van der Waals surface area (Å²) in [5.74, 6) is -0.429. The van der Waals surface area contributed by atoms with Crippen molar-refractivity contribution in [3.63, 3.8) is 0 Å². The number of carbonyl (C=O) groups excluding carboxylic acids is 1. The van der Waals surface area contributed by atoms with Crippen LogP contribution in [0.25, 0.3) is 0 Å². The summed E-state index contributed by atoms with van der Waals surface area (Å²) in [4.78, 5) is 14.5. The van der Waals surface area contributed by atoms with E-state index in [-0.39, 0.29) is 11.7 Å². The van der Waals surface area contributed by atoms with Crippen molar-refractivity contribution in [3.05, 3.63) is 33.1 Å². The molecule has 1 unspecified atom stereocenters. The average molecular weight is 376 g/mol. The van der Waals surface area contributed by atoms with Gasteiger partial charge in [-0.25, -0.2) is 4.39 Å². The van der Waals surface area contributed by atoms with E-state index in [4.69, 9.17) is 0 Å². The number of halogens is 2. The molecule has 1 amide bonds. The Morgan fingerprint density at radius 1 is 1.58 bits per heavy atom. The van der Waals surface area contributed by atoms with E-state index in [0.717, 1.165) is 19.5 Å². The third-order valence-electron chi connectivity index (χ3n) is 3.58. The van der Waals surface area contributed by atoms with Crippen LogP contribution < -0.4 is 5.32 Å². The van der Waals surface area contributed by atoms with E-state index in [0.29, 0.717) is 21.7 Å². The first-order chi connectivity index (χ1) is 9.11. The van der Waals surface area contributed by atoms with Crippen molar-refractivity contribution >= 4 is 28.5 Å². The van der Waals surface area contributed by atoms with Crippen molar-refractivity contribution in [2.75, 3.05) is 19.6 Å². The number of carbonyl (C=O) groups is 1. The number of likely N-dealkylation sites (tertiary alicyclic amines) is 1. The maximum Gasteiger partial charge on any atom is 0.252 e. The highest BCUT2D eigenvalue weighted by Gasteiger charge is 2.23. The molecule has 1 aromatic rings. The summed E-state index contributed by atoms with van der Waals surface area (Å²) in [6.45, 7) is 4.95. The van der Waals surface area contributed by atoms with Crippen molar-refractivity contribution in [1.29, 1.82) is 0 Å². The fourth-order valence-electron chi connectivity index (χ4n) is 2.52. The van der Waals surface area contributed by atoms with Crippen LogP contribution in [-0.2, 0) is 0 Å². The zero-order chi connectivity index (χ0) is 13.8. The predicted molar refractivity (Wildman–Crippen MR) is 81.7 cm³/mol. The van der Waals surface area contributed by atoms with Gasteiger partial charge in [0.25, 0.3) is 5.91 Å². The minimum atomic E-state index is -0.311. The fraction of sp³-hybridized carbons (Fsp3) is 0.500. The van der Waals surface area contributed by atoms with Gasteiger partial charge in [0.05, 0.1) is 5.56 Å². The van der Waals surface area contributed by atoms with Crippen LogP contribution in [0.2, 0.25) is 0 Å². The van der Waals surface area contributed by atoms with E-state index in [2.05, 4.69) is 17.1 Å². The second-order valence-corrected chi connectivity index (χ2v) is 5.92. The molecule has 1 fully saturated rings. The number of nitrogens with one attached hydrogen (secondary N) is 1. The number of likely N-dealkylation sites (N-methyl/N-ethyl adjacent to an activating group) is 1. The minimum Gasteiger partial charge on any atom is -0.350 e. The highest BCUT2D eigenvalue weighted by Crippen LogP contribution is 2.17. The van der Waals surface area contributed by atoms with E-state index < -0.39 is 0 Å².